The standard InChI is InChI=1S/C19H22N2O3/c1-11-5-6-15(16(22)9-11)19(24)20-10-17(23)21-18-13(3)7-12(2)8-14(18)4/h5-9,22H,10H2,1-4H3,(H,20,24)(H,21,23). The van der Waals surface area contributed by atoms with Gasteiger partial charge in [0.2, 0.25) is 5.91 Å². The smallest absolute Gasteiger partial charge is 0.255 e. The second-order valence-electron chi connectivity index (χ2n) is 6.03. The van der Waals surface area contributed by atoms with E-state index in [1.54, 1.807) is 6.07 Å². The molecule has 126 valence electrons. The molecule has 0 aromatic heterocycles. The Labute approximate surface area is 141 Å². The van der Waals surface area contributed by atoms with E-state index >= 15 is 0 Å². The molecular formula is C19H22N2O3. The van der Waals surface area contributed by atoms with Crippen molar-refractivity contribution in [3.63, 3.8) is 0 Å². The van der Waals surface area contributed by atoms with Crippen LogP contribution in [0.4, 0.5) is 5.69 Å². The van der Waals surface area contributed by atoms with Crippen LogP contribution in [0.15, 0.2) is 30.3 Å². The number of carbonyl (C=O) groups is 2. The van der Waals surface area contributed by atoms with Gasteiger partial charge in [0, 0.05) is 5.69 Å². The lowest BCUT2D eigenvalue weighted by molar-refractivity contribution is -0.115. The monoisotopic (exact) mass is 326 g/mol. The summed E-state index contributed by atoms with van der Waals surface area (Å²) < 4.78 is 0. The number of benzene rings is 2. The van der Waals surface area contributed by atoms with Crippen LogP contribution in [0.3, 0.4) is 0 Å². The van der Waals surface area contributed by atoms with Crippen molar-refractivity contribution in [3.8, 4) is 5.75 Å². The Bertz CT molecular complexity index is 774. The van der Waals surface area contributed by atoms with Crippen molar-refractivity contribution < 1.29 is 14.7 Å². The summed E-state index contributed by atoms with van der Waals surface area (Å²) in [4.78, 5) is 24.1. The number of carbonyl (C=O) groups excluding carboxylic acids is 2. The third-order valence-electron chi connectivity index (χ3n) is 3.75. The quantitative estimate of drug-likeness (QED) is 0.808. The summed E-state index contributed by atoms with van der Waals surface area (Å²) in [6.07, 6.45) is 0. The van der Waals surface area contributed by atoms with Crippen LogP contribution in [0.5, 0.6) is 5.75 Å². The molecule has 3 N–H and O–H groups in total. The molecule has 0 heterocycles. The maximum absolute atomic E-state index is 12.1. The minimum absolute atomic E-state index is 0.0990. The summed E-state index contributed by atoms with van der Waals surface area (Å²) in [6.45, 7) is 7.51. The third kappa shape index (κ3) is 4.13. The first-order valence-corrected chi connectivity index (χ1v) is 7.73. The normalized spacial score (nSPS) is 10.3. The lowest BCUT2D eigenvalue weighted by Crippen LogP contribution is -2.33. The number of phenolic OH excluding ortho intramolecular Hbond substituents is 1. The molecule has 0 aliphatic heterocycles. The van der Waals surface area contributed by atoms with E-state index in [1.807, 2.05) is 39.8 Å². The Morgan fingerprint density at radius 1 is 0.958 bits per heavy atom. The molecule has 0 saturated heterocycles. The van der Waals surface area contributed by atoms with E-state index in [9.17, 15) is 14.7 Å². The SMILES string of the molecule is Cc1cc(C)c(NC(=O)CNC(=O)c2ccc(C)cc2O)c(C)c1. The lowest BCUT2D eigenvalue weighted by atomic mass is 10.1. The molecule has 0 atom stereocenters. The van der Waals surface area contributed by atoms with Crippen LogP contribution in [-0.4, -0.2) is 23.5 Å². The van der Waals surface area contributed by atoms with Gasteiger partial charge in [-0.1, -0.05) is 23.8 Å². The molecule has 2 aromatic carbocycles. The van der Waals surface area contributed by atoms with Crippen LogP contribution in [0.2, 0.25) is 0 Å². The van der Waals surface area contributed by atoms with Crippen LogP contribution < -0.4 is 10.6 Å². The molecule has 0 aliphatic rings. The number of hydrogen-bond donors (Lipinski definition) is 3. The Balaban J connectivity index is 2.00. The first-order chi connectivity index (χ1) is 11.3. The van der Waals surface area contributed by atoms with Crippen LogP contribution in [0, 0.1) is 27.7 Å². The second-order valence-corrected chi connectivity index (χ2v) is 6.03. The zero-order valence-electron chi connectivity index (χ0n) is 14.4. The molecule has 5 nitrogen and oxygen atoms in total. The van der Waals surface area contributed by atoms with Gasteiger partial charge in [0.05, 0.1) is 12.1 Å². The van der Waals surface area contributed by atoms with Crippen LogP contribution in [0.1, 0.15) is 32.6 Å². The molecular weight excluding hydrogens is 304 g/mol. The molecule has 5 heteroatoms. The fraction of sp³-hybridized carbons (Fsp3) is 0.263. The molecule has 0 unspecified atom stereocenters. The van der Waals surface area contributed by atoms with E-state index < -0.39 is 5.91 Å². The highest BCUT2D eigenvalue weighted by Crippen LogP contribution is 2.22. The summed E-state index contributed by atoms with van der Waals surface area (Å²) in [6, 6.07) is 8.75. The van der Waals surface area contributed by atoms with Gasteiger partial charge in [-0.3, -0.25) is 9.59 Å². The maximum atomic E-state index is 12.1. The zero-order valence-corrected chi connectivity index (χ0v) is 14.4. The van der Waals surface area contributed by atoms with E-state index in [2.05, 4.69) is 10.6 Å². The van der Waals surface area contributed by atoms with Crippen molar-refractivity contribution in [3.05, 3.63) is 58.1 Å². The highest BCUT2D eigenvalue weighted by Gasteiger charge is 2.13. The first kappa shape index (κ1) is 17.5. The topological polar surface area (TPSA) is 78.4 Å². The number of amides is 2. The van der Waals surface area contributed by atoms with Gasteiger partial charge in [0.1, 0.15) is 5.75 Å². The molecule has 2 amide bonds. The van der Waals surface area contributed by atoms with E-state index in [4.69, 9.17) is 0 Å². The molecule has 2 aromatic rings. The highest BCUT2D eigenvalue weighted by atomic mass is 16.3. The Kier molecular flexibility index (Phi) is 5.24. The zero-order chi connectivity index (χ0) is 17.9. The number of aromatic hydroxyl groups is 1. The number of rotatable bonds is 4. The fourth-order valence-electron chi connectivity index (χ4n) is 2.65. The molecule has 2 rings (SSSR count). The molecule has 0 bridgehead atoms. The van der Waals surface area contributed by atoms with Gasteiger partial charge in [0.15, 0.2) is 0 Å². The molecule has 0 aliphatic carbocycles. The molecule has 0 saturated carbocycles. The van der Waals surface area contributed by atoms with Gasteiger partial charge >= 0.3 is 0 Å². The van der Waals surface area contributed by atoms with Gasteiger partial charge in [-0.25, -0.2) is 0 Å². The minimum Gasteiger partial charge on any atom is -0.507 e. The van der Waals surface area contributed by atoms with E-state index in [1.165, 1.54) is 12.1 Å². The summed E-state index contributed by atoms with van der Waals surface area (Å²) >= 11 is 0. The van der Waals surface area contributed by atoms with Crippen molar-refractivity contribution in [2.75, 3.05) is 11.9 Å². The van der Waals surface area contributed by atoms with Crippen molar-refractivity contribution in [2.45, 2.75) is 27.7 Å². The average molecular weight is 326 g/mol. The fourth-order valence-corrected chi connectivity index (χ4v) is 2.65. The number of anilines is 1. The van der Waals surface area contributed by atoms with Gasteiger partial charge < -0.3 is 15.7 Å². The van der Waals surface area contributed by atoms with Gasteiger partial charge in [0.25, 0.3) is 5.91 Å². The second kappa shape index (κ2) is 7.17. The number of hydrogen-bond acceptors (Lipinski definition) is 3. The van der Waals surface area contributed by atoms with Crippen molar-refractivity contribution >= 4 is 17.5 Å². The summed E-state index contributed by atoms with van der Waals surface area (Å²) in [5.41, 5.74) is 4.85. The Morgan fingerprint density at radius 3 is 2.17 bits per heavy atom. The average Bonchev–Trinajstić information content (AvgIpc) is 2.48. The Morgan fingerprint density at radius 2 is 1.58 bits per heavy atom. The predicted molar refractivity (Wildman–Crippen MR) is 94.5 cm³/mol. The minimum atomic E-state index is -0.486. The van der Waals surface area contributed by atoms with Crippen molar-refractivity contribution in [2.24, 2.45) is 0 Å². The summed E-state index contributed by atoms with van der Waals surface area (Å²) in [7, 11) is 0. The maximum Gasteiger partial charge on any atom is 0.255 e. The van der Waals surface area contributed by atoms with Gasteiger partial charge in [-0.05, 0) is 56.5 Å². The third-order valence-corrected chi connectivity index (χ3v) is 3.75. The molecule has 0 radical (unpaired) electrons. The van der Waals surface area contributed by atoms with Gasteiger partial charge in [-0.2, -0.15) is 0 Å². The number of nitrogens with one attached hydrogen (secondary N) is 2. The largest absolute Gasteiger partial charge is 0.507 e. The number of phenols is 1. The van der Waals surface area contributed by atoms with Gasteiger partial charge in [-0.15, -0.1) is 0 Å². The number of aryl methyl sites for hydroxylation is 4. The van der Waals surface area contributed by atoms with Crippen LogP contribution in [-0.2, 0) is 4.79 Å². The highest BCUT2D eigenvalue weighted by molar-refractivity contribution is 6.01. The van der Waals surface area contributed by atoms with Crippen molar-refractivity contribution in [1.82, 2.24) is 5.32 Å². The molecule has 0 spiro atoms. The van der Waals surface area contributed by atoms with Crippen LogP contribution in [0.25, 0.3) is 0 Å². The molecule has 0 fully saturated rings. The Hall–Kier alpha value is -2.82. The van der Waals surface area contributed by atoms with Crippen LogP contribution >= 0.6 is 0 Å². The summed E-state index contributed by atoms with van der Waals surface area (Å²) in [5, 5.41) is 15.1. The lowest BCUT2D eigenvalue weighted by Gasteiger charge is -2.13. The predicted octanol–water partition coefficient (Wildman–Crippen LogP) is 2.99. The first-order valence-electron chi connectivity index (χ1n) is 7.73. The summed E-state index contributed by atoms with van der Waals surface area (Å²) in [5.74, 6) is -0.900. The van der Waals surface area contributed by atoms with Crippen molar-refractivity contribution in [1.29, 1.82) is 0 Å². The molecule has 24 heavy (non-hydrogen) atoms. The van der Waals surface area contributed by atoms with E-state index in [0.29, 0.717) is 0 Å². The van der Waals surface area contributed by atoms with E-state index in [-0.39, 0.29) is 23.8 Å². The van der Waals surface area contributed by atoms with E-state index in [0.717, 1.165) is 27.9 Å².